The lowest BCUT2D eigenvalue weighted by Crippen LogP contribution is -2.30. The summed E-state index contributed by atoms with van der Waals surface area (Å²) in [6, 6.07) is 8.76. The van der Waals surface area contributed by atoms with E-state index in [1.54, 1.807) is 17.6 Å². The van der Waals surface area contributed by atoms with E-state index >= 15 is 0 Å². The molecule has 178 valence electrons. The number of pyridine rings is 1. The Hall–Kier alpha value is -2.48. The fourth-order valence-corrected chi connectivity index (χ4v) is 6.33. The highest BCUT2D eigenvalue weighted by atomic mass is 79.9. The molecular weight excluding hydrogens is 581 g/mol. The van der Waals surface area contributed by atoms with Crippen LogP contribution in [0.15, 0.2) is 50.5 Å². The molecule has 3 heterocycles. The molecule has 0 unspecified atom stereocenters. The van der Waals surface area contributed by atoms with Crippen molar-refractivity contribution in [2.45, 2.75) is 23.9 Å². The third kappa shape index (κ3) is 4.97. The van der Waals surface area contributed by atoms with Gasteiger partial charge in [-0.2, -0.15) is 13.2 Å². The molecule has 1 aromatic carbocycles. The highest BCUT2D eigenvalue weighted by Crippen LogP contribution is 2.32. The number of aromatic nitrogens is 3. The van der Waals surface area contributed by atoms with Gasteiger partial charge in [-0.1, -0.05) is 17.7 Å². The molecule has 0 spiro atoms. The van der Waals surface area contributed by atoms with Crippen molar-refractivity contribution < 1.29 is 26.4 Å². The quantitative estimate of drug-likeness (QED) is 0.334. The Bertz CT molecular complexity index is 1530. The van der Waals surface area contributed by atoms with Gasteiger partial charge in [-0.25, -0.2) is 23.1 Å². The minimum Gasteiger partial charge on any atom is -0.308 e. The van der Waals surface area contributed by atoms with Crippen molar-refractivity contribution in [3.8, 4) is 0 Å². The Balaban J connectivity index is 1.65. The standard InChI is InChI=1S/C20H13BrClF3N4O3S2/c1-10-26-14-4-5-15(19(30)28-34(31,32)17-7-6-16(21)33-17)27-18(14)29(10)9-11-2-3-12(8-13(11)22)20(23,24)25/h2-8H,9H2,1H3,(H,28,30). The van der Waals surface area contributed by atoms with Crippen molar-refractivity contribution in [2.24, 2.45) is 0 Å². The summed E-state index contributed by atoms with van der Waals surface area (Å²) in [5.41, 5.74) is 0.00923. The summed E-state index contributed by atoms with van der Waals surface area (Å²) < 4.78 is 67.8. The van der Waals surface area contributed by atoms with Gasteiger partial charge in [-0.05, 0) is 64.8 Å². The summed E-state index contributed by atoms with van der Waals surface area (Å²) in [6.07, 6.45) is -4.52. The predicted molar refractivity (Wildman–Crippen MR) is 124 cm³/mol. The van der Waals surface area contributed by atoms with E-state index in [2.05, 4.69) is 25.9 Å². The number of carbonyl (C=O) groups excluding carboxylic acids is 1. The van der Waals surface area contributed by atoms with Gasteiger partial charge in [0.1, 0.15) is 21.2 Å². The van der Waals surface area contributed by atoms with E-state index in [0.717, 1.165) is 23.5 Å². The number of hydrogen-bond donors (Lipinski definition) is 1. The second-order valence-corrected chi connectivity index (χ2v) is 11.9. The lowest BCUT2D eigenvalue weighted by Gasteiger charge is -2.12. The van der Waals surface area contributed by atoms with Crippen molar-refractivity contribution in [3.63, 3.8) is 0 Å². The Morgan fingerprint density at radius 2 is 1.91 bits per heavy atom. The van der Waals surface area contributed by atoms with Crippen LogP contribution < -0.4 is 4.72 Å². The first kappa shape index (κ1) is 24.6. The van der Waals surface area contributed by atoms with Crippen molar-refractivity contribution >= 4 is 66.0 Å². The average molecular weight is 594 g/mol. The van der Waals surface area contributed by atoms with E-state index in [0.29, 0.717) is 20.7 Å². The molecule has 4 aromatic rings. The number of nitrogens with zero attached hydrogens (tertiary/aromatic N) is 3. The zero-order valence-corrected chi connectivity index (χ0v) is 21.0. The zero-order chi connectivity index (χ0) is 24.8. The van der Waals surface area contributed by atoms with Gasteiger partial charge in [-0.3, -0.25) is 4.79 Å². The Kier molecular flexibility index (Phi) is 6.48. The number of thiophene rings is 1. The van der Waals surface area contributed by atoms with Gasteiger partial charge in [0.2, 0.25) is 0 Å². The van der Waals surface area contributed by atoms with Crippen LogP contribution in [0.4, 0.5) is 13.2 Å². The third-order valence-electron chi connectivity index (χ3n) is 4.77. The lowest BCUT2D eigenvalue weighted by molar-refractivity contribution is -0.137. The number of amides is 1. The first-order valence-corrected chi connectivity index (χ1v) is 12.8. The minimum atomic E-state index is -4.52. The largest absolute Gasteiger partial charge is 0.416 e. The van der Waals surface area contributed by atoms with Crippen LogP contribution in [0.3, 0.4) is 0 Å². The SMILES string of the molecule is Cc1nc2ccc(C(=O)NS(=O)(=O)c3ccc(Br)s3)nc2n1Cc1ccc(C(F)(F)F)cc1Cl. The van der Waals surface area contributed by atoms with E-state index in [4.69, 9.17) is 11.6 Å². The Labute approximate surface area is 208 Å². The Morgan fingerprint density at radius 3 is 2.53 bits per heavy atom. The second kappa shape index (κ2) is 8.95. The molecule has 0 radical (unpaired) electrons. The number of benzene rings is 1. The van der Waals surface area contributed by atoms with Crippen LogP contribution in [0.1, 0.15) is 27.4 Å². The number of rotatable bonds is 5. The maximum absolute atomic E-state index is 12.9. The molecule has 4 rings (SSSR count). The molecule has 0 aliphatic rings. The molecule has 0 saturated carbocycles. The van der Waals surface area contributed by atoms with Crippen LogP contribution in [-0.4, -0.2) is 28.9 Å². The Morgan fingerprint density at radius 1 is 1.18 bits per heavy atom. The van der Waals surface area contributed by atoms with Gasteiger partial charge in [0.25, 0.3) is 15.9 Å². The number of imidazole rings is 1. The topological polar surface area (TPSA) is 93.9 Å². The highest BCUT2D eigenvalue weighted by Gasteiger charge is 2.31. The van der Waals surface area contributed by atoms with E-state index in [1.165, 1.54) is 24.3 Å². The van der Waals surface area contributed by atoms with Gasteiger partial charge in [0, 0.05) is 5.02 Å². The van der Waals surface area contributed by atoms with E-state index in [9.17, 15) is 26.4 Å². The smallest absolute Gasteiger partial charge is 0.308 e. The van der Waals surface area contributed by atoms with E-state index in [1.807, 2.05) is 4.72 Å². The highest BCUT2D eigenvalue weighted by molar-refractivity contribution is 9.11. The van der Waals surface area contributed by atoms with Crippen molar-refractivity contribution in [2.75, 3.05) is 0 Å². The molecule has 0 fully saturated rings. The van der Waals surface area contributed by atoms with Crippen LogP contribution in [0, 0.1) is 6.92 Å². The number of sulfonamides is 1. The van der Waals surface area contributed by atoms with Crippen LogP contribution in [0.2, 0.25) is 5.02 Å². The number of halogens is 5. The lowest BCUT2D eigenvalue weighted by atomic mass is 10.1. The zero-order valence-electron chi connectivity index (χ0n) is 17.0. The molecule has 14 heteroatoms. The molecule has 34 heavy (non-hydrogen) atoms. The summed E-state index contributed by atoms with van der Waals surface area (Å²) in [5.74, 6) is -0.462. The number of fused-ring (bicyclic) bond motifs is 1. The molecule has 0 atom stereocenters. The van der Waals surface area contributed by atoms with E-state index in [-0.39, 0.29) is 27.1 Å². The first-order chi connectivity index (χ1) is 15.8. The van der Waals surface area contributed by atoms with Gasteiger partial charge in [0.15, 0.2) is 5.65 Å². The van der Waals surface area contributed by atoms with Crippen molar-refractivity contribution in [1.29, 1.82) is 0 Å². The molecule has 3 aromatic heterocycles. The third-order valence-corrected chi connectivity index (χ3v) is 8.56. The van der Waals surface area contributed by atoms with Crippen LogP contribution in [0.5, 0.6) is 0 Å². The van der Waals surface area contributed by atoms with Crippen molar-refractivity contribution in [1.82, 2.24) is 19.3 Å². The predicted octanol–water partition coefficient (Wildman–Crippen LogP) is 5.40. The van der Waals surface area contributed by atoms with Crippen molar-refractivity contribution in [3.05, 3.63) is 73.9 Å². The van der Waals surface area contributed by atoms with Crippen LogP contribution in [0.25, 0.3) is 11.2 Å². The number of alkyl halides is 3. The van der Waals surface area contributed by atoms with Gasteiger partial charge in [-0.15, -0.1) is 11.3 Å². The normalized spacial score (nSPS) is 12.3. The molecule has 0 bridgehead atoms. The fraction of sp³-hybridized carbons (Fsp3) is 0.150. The molecule has 0 saturated heterocycles. The van der Waals surface area contributed by atoms with E-state index < -0.39 is 27.7 Å². The average Bonchev–Trinajstić information content (AvgIpc) is 3.31. The number of nitrogens with one attached hydrogen (secondary N) is 1. The minimum absolute atomic E-state index is 0.0406. The maximum Gasteiger partial charge on any atom is 0.416 e. The first-order valence-electron chi connectivity index (χ1n) is 9.37. The van der Waals surface area contributed by atoms with Gasteiger partial charge < -0.3 is 4.57 Å². The number of hydrogen-bond acceptors (Lipinski definition) is 6. The van der Waals surface area contributed by atoms with Gasteiger partial charge in [0.05, 0.1) is 15.9 Å². The number of aryl methyl sites for hydroxylation is 1. The summed E-state index contributed by atoms with van der Waals surface area (Å²) in [6.45, 7) is 1.71. The summed E-state index contributed by atoms with van der Waals surface area (Å²) in [4.78, 5) is 21.2. The van der Waals surface area contributed by atoms with Crippen LogP contribution >= 0.6 is 38.9 Å². The molecule has 1 N–H and O–H groups in total. The molecule has 0 aliphatic carbocycles. The molecular formula is C20H13BrClF3N4O3S2. The van der Waals surface area contributed by atoms with Crippen LogP contribution in [-0.2, 0) is 22.7 Å². The summed E-state index contributed by atoms with van der Waals surface area (Å²) in [7, 11) is -4.10. The maximum atomic E-state index is 12.9. The molecule has 1 amide bonds. The number of carbonyl (C=O) groups is 1. The summed E-state index contributed by atoms with van der Waals surface area (Å²) in [5, 5.41) is -0.0850. The monoisotopic (exact) mass is 592 g/mol. The molecule has 7 nitrogen and oxygen atoms in total. The second-order valence-electron chi connectivity index (χ2n) is 7.08. The fourth-order valence-electron chi connectivity index (χ4n) is 3.12. The molecule has 0 aliphatic heterocycles. The summed E-state index contributed by atoms with van der Waals surface area (Å²) >= 11 is 10.2. The van der Waals surface area contributed by atoms with Gasteiger partial charge >= 0.3 is 6.18 Å².